The molecule has 0 unspecified atom stereocenters. The predicted molar refractivity (Wildman–Crippen MR) is 221 cm³/mol. The molecule has 0 saturated heterocycles. The maximum absolute atomic E-state index is 7.59. The first-order valence-corrected chi connectivity index (χ1v) is 22.6. The van der Waals surface area contributed by atoms with Gasteiger partial charge in [0, 0.05) is 37.3 Å². The first kappa shape index (κ1) is 38.4. The first-order chi connectivity index (χ1) is 25.5. The highest BCUT2D eigenvalue weighted by Crippen LogP contribution is 2.41. The highest BCUT2D eigenvalue weighted by atomic mass is 28.4. The lowest BCUT2D eigenvalue weighted by atomic mass is 9.95. The number of rotatable bonds is 14. The van der Waals surface area contributed by atoms with Crippen LogP contribution >= 0.6 is 0 Å². The van der Waals surface area contributed by atoms with E-state index in [2.05, 4.69) is 185 Å². The molecule has 276 valence electrons. The molecule has 0 bridgehead atoms. The van der Waals surface area contributed by atoms with E-state index in [1.165, 1.54) is 20.7 Å². The molecule has 1 aromatic heterocycles. The van der Waals surface area contributed by atoms with Crippen molar-refractivity contribution in [1.29, 1.82) is 0 Å². The second-order valence-corrected chi connectivity index (χ2v) is 24.5. The average molecular weight is 743 g/mol. The number of ether oxygens (including phenoxy) is 2. The molecule has 1 aliphatic carbocycles. The van der Waals surface area contributed by atoms with E-state index in [-0.39, 0.29) is 34.0 Å². The summed E-state index contributed by atoms with van der Waals surface area (Å²) in [5, 5.41) is 4.69. The zero-order valence-corrected chi connectivity index (χ0v) is 34.2. The van der Waals surface area contributed by atoms with Crippen LogP contribution in [0.1, 0.15) is 48.5 Å². The molecular weight excluding hydrogens is 689 g/mol. The maximum atomic E-state index is 7.59. The van der Waals surface area contributed by atoms with Crippen molar-refractivity contribution in [1.82, 2.24) is 9.97 Å². The van der Waals surface area contributed by atoms with Crippen LogP contribution in [-0.2, 0) is 8.85 Å². The summed E-state index contributed by atoms with van der Waals surface area (Å²) < 4.78 is 27.5. The van der Waals surface area contributed by atoms with Gasteiger partial charge in [0.2, 0.25) is 5.88 Å². The molecule has 0 spiro atoms. The van der Waals surface area contributed by atoms with E-state index in [4.69, 9.17) is 18.3 Å². The Hall–Kier alpha value is -4.35. The number of nitrogens with zero attached hydrogens (tertiary/aromatic N) is 2. The van der Waals surface area contributed by atoms with Crippen LogP contribution in [0.2, 0.25) is 10.1 Å². The Balaban J connectivity index is 1.40. The normalized spacial score (nSPS) is 17.8. The molecule has 0 fully saturated rings. The Labute approximate surface area is 318 Å². The number of aromatic nitrogens is 2. The van der Waals surface area contributed by atoms with Crippen molar-refractivity contribution in [2.75, 3.05) is 19.8 Å². The third-order valence-electron chi connectivity index (χ3n) is 10.5. The second-order valence-electron chi connectivity index (χ2n) is 15.9. The van der Waals surface area contributed by atoms with Gasteiger partial charge in [-0.2, -0.15) is 4.98 Å². The Kier molecular flexibility index (Phi) is 11.8. The minimum absolute atomic E-state index is 0.00920. The summed E-state index contributed by atoms with van der Waals surface area (Å²) in [7, 11) is -5.65. The van der Waals surface area contributed by atoms with Crippen LogP contribution in [-0.4, -0.2) is 52.5 Å². The summed E-state index contributed by atoms with van der Waals surface area (Å²) in [4.78, 5) is 9.06. The Morgan fingerprint density at radius 3 is 1.42 bits per heavy atom. The lowest BCUT2D eigenvalue weighted by Gasteiger charge is -2.45. The van der Waals surface area contributed by atoms with Crippen LogP contribution in [0.4, 0.5) is 0 Å². The summed E-state index contributed by atoms with van der Waals surface area (Å²) in [5.74, 6) is 0.426. The molecule has 6 rings (SSSR count). The standard InChI is InChI=1S/C45H54N2O4Si2/c1-8-48-42-31-32-46-43(47-42)51-41-30-29-35(33-49-52(44(2,3)4,36-21-13-9-14-22-36)37-23-15-10-16-24-37)40(41)34-50-53(45(5,6)7,38-25-17-11-18-26-38)39-27-19-12-20-28-39/h9-32,35,40-41H,8,33-34H2,1-7H3/t35-,40-,41-/m0/s1. The minimum atomic E-state index is -2.85. The summed E-state index contributed by atoms with van der Waals surface area (Å²) in [6.45, 7) is 17.3. The van der Waals surface area contributed by atoms with E-state index >= 15 is 0 Å². The smallest absolute Gasteiger partial charge is 0.320 e. The van der Waals surface area contributed by atoms with Crippen molar-refractivity contribution in [3.63, 3.8) is 0 Å². The number of benzene rings is 4. The van der Waals surface area contributed by atoms with Crippen molar-refractivity contribution in [2.24, 2.45) is 11.8 Å². The van der Waals surface area contributed by atoms with Gasteiger partial charge in [-0.05, 0) is 43.8 Å². The second kappa shape index (κ2) is 16.3. The average Bonchev–Trinajstić information content (AvgIpc) is 3.53. The summed E-state index contributed by atoms with van der Waals surface area (Å²) in [6.07, 6.45) is 5.76. The summed E-state index contributed by atoms with van der Waals surface area (Å²) in [6, 6.07) is 45.3. The molecule has 0 radical (unpaired) electrons. The molecule has 53 heavy (non-hydrogen) atoms. The monoisotopic (exact) mass is 742 g/mol. The molecule has 0 amide bonds. The van der Waals surface area contributed by atoms with Gasteiger partial charge < -0.3 is 18.3 Å². The highest BCUT2D eigenvalue weighted by Gasteiger charge is 2.53. The molecular formula is C45H54N2O4Si2. The summed E-state index contributed by atoms with van der Waals surface area (Å²) in [5.41, 5.74) is 0. The number of hydrogen-bond donors (Lipinski definition) is 0. The summed E-state index contributed by atoms with van der Waals surface area (Å²) >= 11 is 0. The van der Waals surface area contributed by atoms with E-state index in [9.17, 15) is 0 Å². The van der Waals surface area contributed by atoms with Gasteiger partial charge in [-0.1, -0.05) is 169 Å². The van der Waals surface area contributed by atoms with Crippen LogP contribution in [0.3, 0.4) is 0 Å². The number of hydrogen-bond acceptors (Lipinski definition) is 6. The molecule has 3 atom stereocenters. The molecule has 1 aliphatic rings. The third-order valence-corrected chi connectivity index (χ3v) is 20.5. The molecule has 0 aliphatic heterocycles. The molecule has 4 aromatic carbocycles. The molecule has 8 heteroatoms. The third kappa shape index (κ3) is 7.97. The van der Waals surface area contributed by atoms with Crippen LogP contribution in [0.5, 0.6) is 11.9 Å². The lowest BCUT2D eigenvalue weighted by Crippen LogP contribution is -2.67. The van der Waals surface area contributed by atoms with Gasteiger partial charge in [-0.25, -0.2) is 4.98 Å². The fourth-order valence-corrected chi connectivity index (χ4v) is 17.2. The van der Waals surface area contributed by atoms with Gasteiger partial charge in [0.1, 0.15) is 6.10 Å². The first-order valence-electron chi connectivity index (χ1n) is 18.8. The van der Waals surface area contributed by atoms with Crippen LogP contribution in [0.25, 0.3) is 0 Å². The van der Waals surface area contributed by atoms with Crippen molar-refractivity contribution in [3.05, 3.63) is 146 Å². The Bertz CT molecular complexity index is 1830. The molecule has 6 nitrogen and oxygen atoms in total. The fraction of sp³-hybridized carbons (Fsp3) is 0.333. The van der Waals surface area contributed by atoms with Crippen LogP contribution in [0.15, 0.2) is 146 Å². The van der Waals surface area contributed by atoms with Gasteiger partial charge in [0.15, 0.2) is 0 Å². The molecule has 5 aromatic rings. The molecule has 0 saturated carbocycles. The zero-order valence-electron chi connectivity index (χ0n) is 32.2. The highest BCUT2D eigenvalue weighted by molar-refractivity contribution is 7.00. The van der Waals surface area contributed by atoms with Gasteiger partial charge in [0.25, 0.3) is 16.6 Å². The Morgan fingerprint density at radius 1 is 0.566 bits per heavy atom. The Morgan fingerprint density at radius 2 is 1.00 bits per heavy atom. The van der Waals surface area contributed by atoms with E-state index < -0.39 is 16.6 Å². The van der Waals surface area contributed by atoms with E-state index in [0.29, 0.717) is 25.7 Å². The van der Waals surface area contributed by atoms with Crippen molar-refractivity contribution in [3.8, 4) is 11.9 Å². The quantitative estimate of drug-likeness (QED) is 0.0865. The van der Waals surface area contributed by atoms with Crippen molar-refractivity contribution in [2.45, 2.75) is 64.6 Å². The molecule has 0 N–H and O–H groups in total. The van der Waals surface area contributed by atoms with Gasteiger partial charge in [-0.15, -0.1) is 0 Å². The van der Waals surface area contributed by atoms with Crippen molar-refractivity contribution >= 4 is 37.4 Å². The van der Waals surface area contributed by atoms with E-state index in [0.717, 1.165) is 0 Å². The minimum Gasteiger partial charge on any atom is -0.478 e. The van der Waals surface area contributed by atoms with Gasteiger partial charge in [-0.3, -0.25) is 0 Å². The zero-order chi connectivity index (χ0) is 37.5. The SMILES string of the molecule is CCOc1ccnc(O[C@H]2C=C[C@@H](CO[Si](c3ccccc3)(c3ccccc3)C(C)(C)C)[C@@H]2CO[Si](c2ccccc2)(c2ccccc2)C(C)(C)C)n1. The lowest BCUT2D eigenvalue weighted by molar-refractivity contribution is 0.0833. The van der Waals surface area contributed by atoms with Crippen LogP contribution < -0.4 is 30.2 Å². The van der Waals surface area contributed by atoms with Crippen LogP contribution in [0, 0.1) is 11.8 Å². The van der Waals surface area contributed by atoms with Gasteiger partial charge in [0.05, 0.1) is 6.61 Å². The molecule has 1 heterocycles. The fourth-order valence-electron chi connectivity index (χ4n) is 8.00. The maximum Gasteiger partial charge on any atom is 0.320 e. The van der Waals surface area contributed by atoms with Gasteiger partial charge >= 0.3 is 6.01 Å². The largest absolute Gasteiger partial charge is 0.478 e. The van der Waals surface area contributed by atoms with E-state index in [1.807, 2.05) is 6.92 Å². The predicted octanol–water partition coefficient (Wildman–Crippen LogP) is 7.58. The van der Waals surface area contributed by atoms with Crippen molar-refractivity contribution < 1.29 is 18.3 Å². The topological polar surface area (TPSA) is 62.7 Å². The van der Waals surface area contributed by atoms with E-state index in [1.54, 1.807) is 12.3 Å².